The van der Waals surface area contributed by atoms with E-state index in [1.165, 1.54) is 12.3 Å². The average Bonchev–Trinajstić information content (AvgIpc) is 2.90. The third-order valence-electron chi connectivity index (χ3n) is 3.65. The molecule has 1 heterocycles. The molecule has 0 bridgehead atoms. The number of aliphatic imine (C=N–C) groups is 1. The van der Waals surface area contributed by atoms with E-state index in [-0.39, 0.29) is 5.82 Å². The lowest BCUT2D eigenvalue weighted by Crippen LogP contribution is -2.17. The van der Waals surface area contributed by atoms with Crippen molar-refractivity contribution in [3.63, 3.8) is 0 Å². The molecule has 1 aliphatic heterocycles. The van der Waals surface area contributed by atoms with Gasteiger partial charge in [0.05, 0.1) is 11.9 Å². The Morgan fingerprint density at radius 1 is 0.955 bits per heavy atom. The van der Waals surface area contributed by atoms with Gasteiger partial charge in [0.1, 0.15) is 5.82 Å². The Kier molecular flexibility index (Phi) is 2.93. The highest BCUT2D eigenvalue weighted by atomic mass is 19.1. The normalized spacial score (nSPS) is 12.9. The van der Waals surface area contributed by atoms with Crippen molar-refractivity contribution in [3.05, 3.63) is 77.6 Å². The van der Waals surface area contributed by atoms with Crippen LogP contribution in [0.15, 0.2) is 70.8 Å². The molecule has 0 saturated carbocycles. The Hall–Kier alpha value is -3.01. The van der Waals surface area contributed by atoms with Crippen LogP contribution in [0.4, 0.5) is 10.1 Å². The number of halogens is 1. The summed E-state index contributed by atoms with van der Waals surface area (Å²) in [5.41, 5.74) is 5.29. The molecule has 22 heavy (non-hydrogen) atoms. The van der Waals surface area contributed by atoms with Crippen molar-refractivity contribution in [2.24, 2.45) is 10.1 Å². The molecule has 3 aromatic rings. The predicted molar refractivity (Wildman–Crippen MR) is 87.3 cm³/mol. The molecule has 0 atom stereocenters. The van der Waals surface area contributed by atoms with Crippen molar-refractivity contribution >= 4 is 28.5 Å². The number of benzene rings is 3. The summed E-state index contributed by atoms with van der Waals surface area (Å²) in [6.07, 6.45) is 1.46. The summed E-state index contributed by atoms with van der Waals surface area (Å²) < 4.78 is 13.5. The number of nitrogens with zero attached hydrogens (tertiary/aromatic N) is 2. The minimum atomic E-state index is -0.299. The zero-order valence-electron chi connectivity index (χ0n) is 11.6. The van der Waals surface area contributed by atoms with Crippen LogP contribution in [-0.2, 0) is 0 Å². The van der Waals surface area contributed by atoms with E-state index in [2.05, 4.69) is 27.7 Å². The van der Waals surface area contributed by atoms with Crippen LogP contribution in [0.2, 0.25) is 0 Å². The molecule has 0 fully saturated rings. The van der Waals surface area contributed by atoms with E-state index in [0.29, 0.717) is 11.4 Å². The molecule has 3 aromatic carbocycles. The third-order valence-corrected chi connectivity index (χ3v) is 3.65. The zero-order valence-corrected chi connectivity index (χ0v) is 11.6. The van der Waals surface area contributed by atoms with Crippen LogP contribution in [0.5, 0.6) is 0 Å². The van der Waals surface area contributed by atoms with E-state index >= 15 is 0 Å². The SMILES string of the molecule is Fc1ccccc1/C=N\NC1=Nc2cccc3cccc1c23. The van der Waals surface area contributed by atoms with E-state index in [0.717, 1.165) is 22.0 Å². The molecular weight excluding hydrogens is 277 g/mol. The monoisotopic (exact) mass is 289 g/mol. The van der Waals surface area contributed by atoms with Crippen molar-refractivity contribution in [1.82, 2.24) is 5.43 Å². The van der Waals surface area contributed by atoms with E-state index < -0.39 is 0 Å². The maximum Gasteiger partial charge on any atom is 0.154 e. The van der Waals surface area contributed by atoms with Crippen molar-refractivity contribution < 1.29 is 4.39 Å². The number of hydrazone groups is 1. The molecule has 3 nitrogen and oxygen atoms in total. The zero-order chi connectivity index (χ0) is 14.9. The predicted octanol–water partition coefficient (Wildman–Crippen LogP) is 3.99. The Morgan fingerprint density at radius 3 is 2.64 bits per heavy atom. The fourth-order valence-corrected chi connectivity index (χ4v) is 2.62. The second kappa shape index (κ2) is 5.07. The first-order valence-corrected chi connectivity index (χ1v) is 6.97. The highest BCUT2D eigenvalue weighted by Gasteiger charge is 2.17. The minimum absolute atomic E-state index is 0.299. The van der Waals surface area contributed by atoms with Gasteiger partial charge in [-0.2, -0.15) is 5.10 Å². The molecule has 0 spiro atoms. The highest BCUT2D eigenvalue weighted by Crippen LogP contribution is 2.34. The first-order chi connectivity index (χ1) is 10.8. The van der Waals surface area contributed by atoms with Crippen molar-refractivity contribution in [1.29, 1.82) is 0 Å². The van der Waals surface area contributed by atoms with Gasteiger partial charge in [-0.3, -0.25) is 5.43 Å². The van der Waals surface area contributed by atoms with Crippen LogP contribution >= 0.6 is 0 Å². The topological polar surface area (TPSA) is 36.8 Å². The lowest BCUT2D eigenvalue weighted by atomic mass is 10.0. The second-order valence-corrected chi connectivity index (χ2v) is 5.03. The van der Waals surface area contributed by atoms with Crippen LogP contribution in [0.3, 0.4) is 0 Å². The largest absolute Gasteiger partial charge is 0.261 e. The summed E-state index contributed by atoms with van der Waals surface area (Å²) >= 11 is 0. The molecule has 4 rings (SSSR count). The van der Waals surface area contributed by atoms with Gasteiger partial charge in [0.2, 0.25) is 0 Å². The van der Waals surface area contributed by atoms with Crippen LogP contribution in [-0.4, -0.2) is 12.1 Å². The Labute approximate surface area is 126 Å². The van der Waals surface area contributed by atoms with Gasteiger partial charge < -0.3 is 0 Å². The standard InChI is InChI=1S/C18H12FN3/c19-15-9-2-1-5-13(15)11-20-22-18-14-8-3-6-12-7-4-10-16(21-18)17(12)14/h1-11H,(H,21,22)/b20-11-. The molecule has 4 heteroatoms. The lowest BCUT2D eigenvalue weighted by Gasteiger charge is -2.02. The highest BCUT2D eigenvalue weighted by molar-refractivity contribution is 6.18. The summed E-state index contributed by atoms with van der Waals surface area (Å²) in [6.45, 7) is 0. The van der Waals surface area contributed by atoms with Gasteiger partial charge in [0, 0.05) is 16.5 Å². The molecule has 1 aliphatic rings. The smallest absolute Gasteiger partial charge is 0.154 e. The molecule has 0 aromatic heterocycles. The lowest BCUT2D eigenvalue weighted by molar-refractivity contribution is 0.626. The molecule has 0 saturated heterocycles. The van der Waals surface area contributed by atoms with Crippen molar-refractivity contribution in [2.45, 2.75) is 0 Å². The number of hydrogen-bond acceptors (Lipinski definition) is 3. The van der Waals surface area contributed by atoms with Gasteiger partial charge in [-0.15, -0.1) is 0 Å². The average molecular weight is 289 g/mol. The van der Waals surface area contributed by atoms with Crippen molar-refractivity contribution in [3.8, 4) is 0 Å². The van der Waals surface area contributed by atoms with Gasteiger partial charge in [0.25, 0.3) is 0 Å². The minimum Gasteiger partial charge on any atom is -0.261 e. The number of nitrogens with one attached hydrogen (secondary N) is 1. The third kappa shape index (κ3) is 2.05. The van der Waals surface area contributed by atoms with Crippen LogP contribution in [0.25, 0.3) is 10.8 Å². The van der Waals surface area contributed by atoms with Gasteiger partial charge in [-0.25, -0.2) is 9.38 Å². The van der Waals surface area contributed by atoms with Crippen molar-refractivity contribution in [2.75, 3.05) is 0 Å². The maximum atomic E-state index is 13.5. The molecule has 0 aliphatic carbocycles. The summed E-state index contributed by atoms with van der Waals surface area (Å²) in [6, 6.07) is 18.6. The van der Waals surface area contributed by atoms with E-state index in [1.54, 1.807) is 18.2 Å². The number of rotatable bonds is 2. The summed E-state index contributed by atoms with van der Waals surface area (Å²) in [7, 11) is 0. The van der Waals surface area contributed by atoms with Crippen LogP contribution in [0.1, 0.15) is 11.1 Å². The molecule has 0 radical (unpaired) electrons. The Balaban J connectivity index is 1.64. The van der Waals surface area contributed by atoms with E-state index in [4.69, 9.17) is 0 Å². The van der Waals surface area contributed by atoms with E-state index in [9.17, 15) is 4.39 Å². The molecule has 1 N–H and O–H groups in total. The quantitative estimate of drug-likeness (QED) is 0.562. The van der Waals surface area contributed by atoms with E-state index in [1.807, 2.05) is 24.3 Å². The summed E-state index contributed by atoms with van der Waals surface area (Å²) in [4.78, 5) is 4.55. The molecule has 0 amide bonds. The molecule has 0 unspecified atom stereocenters. The van der Waals surface area contributed by atoms with Crippen LogP contribution < -0.4 is 5.43 Å². The van der Waals surface area contributed by atoms with Gasteiger partial charge in [-0.05, 0) is 17.5 Å². The summed E-state index contributed by atoms with van der Waals surface area (Å²) in [5.74, 6) is 0.381. The van der Waals surface area contributed by atoms with Gasteiger partial charge >= 0.3 is 0 Å². The Bertz CT molecular complexity index is 923. The fraction of sp³-hybridized carbons (Fsp3) is 0. The number of hydrogen-bond donors (Lipinski definition) is 1. The fourth-order valence-electron chi connectivity index (χ4n) is 2.62. The first-order valence-electron chi connectivity index (χ1n) is 6.97. The Morgan fingerprint density at radius 2 is 1.77 bits per heavy atom. The molecule has 106 valence electrons. The molecular formula is C18H12FN3. The van der Waals surface area contributed by atoms with Crippen LogP contribution in [0, 0.1) is 5.82 Å². The van der Waals surface area contributed by atoms with Gasteiger partial charge in [-0.1, -0.05) is 48.5 Å². The second-order valence-electron chi connectivity index (χ2n) is 5.03. The maximum absolute atomic E-state index is 13.5. The summed E-state index contributed by atoms with van der Waals surface area (Å²) in [5, 5.41) is 6.37. The first kappa shape index (κ1) is 12.7. The van der Waals surface area contributed by atoms with Gasteiger partial charge in [0.15, 0.2) is 5.84 Å². The number of amidine groups is 1.